The van der Waals surface area contributed by atoms with E-state index in [9.17, 15) is 9.59 Å². The maximum Gasteiger partial charge on any atom is 0.330 e. The number of esters is 1. The van der Waals surface area contributed by atoms with Gasteiger partial charge in [0.2, 0.25) is 5.91 Å². The van der Waals surface area contributed by atoms with Gasteiger partial charge >= 0.3 is 5.97 Å². The highest BCUT2D eigenvalue weighted by Crippen LogP contribution is 2.08. The Hall–Kier alpha value is -0.440. The van der Waals surface area contributed by atoms with Gasteiger partial charge in [-0.1, -0.05) is 25.5 Å². The second kappa shape index (κ2) is 8.62. The molecule has 0 aromatic heterocycles. The molecule has 6 nitrogen and oxygen atoms in total. The minimum absolute atomic E-state index is 0.0199. The molecule has 0 saturated heterocycles. The van der Waals surface area contributed by atoms with E-state index in [1.807, 2.05) is 13.8 Å². The van der Waals surface area contributed by atoms with E-state index in [2.05, 4.69) is 21.7 Å². The summed E-state index contributed by atoms with van der Waals surface area (Å²) in [5.41, 5.74) is 5.65. The molecule has 0 radical (unpaired) electrons. The molecule has 100 valence electrons. The second-order valence-corrected chi connectivity index (χ2v) is 4.55. The van der Waals surface area contributed by atoms with Gasteiger partial charge in [0.25, 0.3) is 0 Å². The van der Waals surface area contributed by atoms with Crippen LogP contribution in [0.5, 0.6) is 0 Å². The third-order valence-corrected chi connectivity index (χ3v) is 2.67. The van der Waals surface area contributed by atoms with E-state index in [0.717, 1.165) is 11.1 Å². The molecular formula is C9H18N2O4S2. The Kier molecular flexibility index (Phi) is 8.40. The molecule has 2 atom stereocenters. The van der Waals surface area contributed by atoms with Gasteiger partial charge in [0.05, 0.1) is 30.8 Å². The molecule has 0 heterocycles. The van der Waals surface area contributed by atoms with Crippen LogP contribution >= 0.6 is 22.7 Å². The van der Waals surface area contributed by atoms with Gasteiger partial charge in [0.1, 0.15) is 0 Å². The number of carbonyl (C=O) groups is 2. The van der Waals surface area contributed by atoms with Crippen molar-refractivity contribution in [3.05, 3.63) is 0 Å². The van der Waals surface area contributed by atoms with Crippen molar-refractivity contribution in [1.82, 2.24) is 5.32 Å². The maximum absolute atomic E-state index is 11.7. The zero-order valence-corrected chi connectivity index (χ0v) is 11.7. The quantitative estimate of drug-likeness (QED) is 0.266. The zero-order valence-electron chi connectivity index (χ0n) is 10.0. The van der Waals surface area contributed by atoms with E-state index in [-0.39, 0.29) is 12.5 Å². The fourth-order valence-corrected chi connectivity index (χ4v) is 1.36. The first-order chi connectivity index (χ1) is 7.93. The molecule has 0 rings (SSSR count). The molecule has 0 aromatic rings. The first-order valence-electron chi connectivity index (χ1n) is 5.00. The molecule has 0 saturated carbocycles. The summed E-state index contributed by atoms with van der Waals surface area (Å²) in [6, 6.07) is -1.55. The molecule has 17 heavy (non-hydrogen) atoms. The number of carbonyl (C=O) groups excluding carboxylic acids is 2. The number of rotatable bonds is 7. The van der Waals surface area contributed by atoms with E-state index in [1.165, 1.54) is 7.11 Å². The second-order valence-electron chi connectivity index (χ2n) is 3.71. The molecule has 8 heteroatoms. The van der Waals surface area contributed by atoms with Crippen LogP contribution in [-0.4, -0.2) is 37.7 Å². The number of ether oxygens (including phenoxy) is 1. The van der Waals surface area contributed by atoms with Crippen LogP contribution in [0.2, 0.25) is 0 Å². The van der Waals surface area contributed by atoms with E-state index in [1.54, 1.807) is 0 Å². The van der Waals surface area contributed by atoms with Crippen molar-refractivity contribution in [3.63, 3.8) is 0 Å². The highest BCUT2D eigenvalue weighted by Gasteiger charge is 2.26. The van der Waals surface area contributed by atoms with Crippen molar-refractivity contribution in [3.8, 4) is 0 Å². The van der Waals surface area contributed by atoms with Gasteiger partial charge in [-0.15, -0.1) is 0 Å². The van der Waals surface area contributed by atoms with E-state index in [0.29, 0.717) is 0 Å². The van der Waals surface area contributed by atoms with Gasteiger partial charge in [-0.05, 0) is 5.92 Å². The predicted molar refractivity (Wildman–Crippen MR) is 69.3 cm³/mol. The van der Waals surface area contributed by atoms with E-state index >= 15 is 0 Å². The summed E-state index contributed by atoms with van der Waals surface area (Å²) in [6.45, 7) is 3.60. The Labute approximate surface area is 110 Å². The molecule has 0 aromatic carbocycles. The predicted octanol–water partition coefficient (Wildman–Crippen LogP) is 0.137. The molecule has 3 N–H and O–H groups in total. The molecule has 0 bridgehead atoms. The van der Waals surface area contributed by atoms with Gasteiger partial charge in [0, 0.05) is 0 Å². The van der Waals surface area contributed by atoms with Crippen LogP contribution in [0.15, 0.2) is 0 Å². The third kappa shape index (κ3) is 6.16. The van der Waals surface area contributed by atoms with Crippen molar-refractivity contribution in [2.75, 3.05) is 13.7 Å². The van der Waals surface area contributed by atoms with E-state index < -0.39 is 24.0 Å². The van der Waals surface area contributed by atoms with Crippen molar-refractivity contribution in [1.29, 1.82) is 0 Å². The van der Waals surface area contributed by atoms with Gasteiger partial charge < -0.3 is 20.0 Å². The number of nitrogens with one attached hydrogen (secondary N) is 1. The summed E-state index contributed by atoms with van der Waals surface area (Å²) >= 11 is 4.57. The SMILES string of the molecule is COC(=O)C(COSS)NC(=O)C(N)C(C)C. The number of hydrogen-bond acceptors (Lipinski definition) is 7. The summed E-state index contributed by atoms with van der Waals surface area (Å²) in [5.74, 6) is -1.02. The van der Waals surface area contributed by atoms with Gasteiger partial charge in [-0.3, -0.25) is 4.79 Å². The number of nitrogens with two attached hydrogens (primary N) is 1. The Morgan fingerprint density at radius 2 is 2.06 bits per heavy atom. The molecule has 0 aliphatic carbocycles. The summed E-state index contributed by atoms with van der Waals surface area (Å²) < 4.78 is 9.43. The average Bonchev–Trinajstić information content (AvgIpc) is 2.31. The minimum atomic E-state index is -0.878. The molecule has 0 fully saturated rings. The minimum Gasteiger partial charge on any atom is -0.467 e. The van der Waals surface area contributed by atoms with Crippen molar-refractivity contribution in [2.24, 2.45) is 11.7 Å². The number of hydrogen-bond donors (Lipinski definition) is 3. The molecule has 0 aliphatic heterocycles. The molecule has 2 unspecified atom stereocenters. The van der Waals surface area contributed by atoms with Crippen LogP contribution < -0.4 is 11.1 Å². The molecular weight excluding hydrogens is 264 g/mol. The normalized spacial score (nSPS) is 14.2. The lowest BCUT2D eigenvalue weighted by Crippen LogP contribution is -2.52. The summed E-state index contributed by atoms with van der Waals surface area (Å²) in [7, 11) is 1.23. The number of thiol groups is 1. The zero-order chi connectivity index (χ0) is 13.4. The largest absolute Gasteiger partial charge is 0.467 e. The number of methoxy groups -OCH3 is 1. The Morgan fingerprint density at radius 3 is 2.47 bits per heavy atom. The topological polar surface area (TPSA) is 90.6 Å². The monoisotopic (exact) mass is 282 g/mol. The van der Waals surface area contributed by atoms with Crippen LogP contribution in [-0.2, 0) is 18.5 Å². The Balaban J connectivity index is 4.41. The maximum atomic E-state index is 11.7. The van der Waals surface area contributed by atoms with Crippen molar-refractivity contribution in [2.45, 2.75) is 25.9 Å². The summed E-state index contributed by atoms with van der Waals surface area (Å²) in [5, 5.41) is 2.47. The molecule has 1 amide bonds. The lowest BCUT2D eigenvalue weighted by molar-refractivity contribution is -0.146. The van der Waals surface area contributed by atoms with Crippen LogP contribution in [0, 0.1) is 5.92 Å². The standard InChI is InChI=1S/C9H18N2O4S2/c1-5(2)7(10)8(12)11-6(4-15-17-16)9(13)14-3/h5-7,16H,4,10H2,1-3H3,(H,11,12). The van der Waals surface area contributed by atoms with Gasteiger partial charge in [0.15, 0.2) is 6.04 Å². The number of amides is 1. The smallest absolute Gasteiger partial charge is 0.330 e. The van der Waals surface area contributed by atoms with Gasteiger partial charge in [-0.25, -0.2) is 4.79 Å². The fourth-order valence-electron chi connectivity index (χ4n) is 0.980. The van der Waals surface area contributed by atoms with Crippen molar-refractivity contribution < 1.29 is 18.5 Å². The first-order valence-corrected chi connectivity index (χ1v) is 6.80. The van der Waals surface area contributed by atoms with E-state index in [4.69, 9.17) is 9.92 Å². The fraction of sp³-hybridized carbons (Fsp3) is 0.778. The van der Waals surface area contributed by atoms with Crippen LogP contribution in [0.1, 0.15) is 13.8 Å². The molecule has 0 spiro atoms. The van der Waals surface area contributed by atoms with Crippen LogP contribution in [0.4, 0.5) is 0 Å². The van der Waals surface area contributed by atoms with Crippen molar-refractivity contribution >= 4 is 34.6 Å². The van der Waals surface area contributed by atoms with Crippen LogP contribution in [0.25, 0.3) is 0 Å². The van der Waals surface area contributed by atoms with Gasteiger partial charge in [-0.2, -0.15) is 0 Å². The molecule has 0 aliphatic rings. The highest BCUT2D eigenvalue weighted by atomic mass is 33.1. The summed E-state index contributed by atoms with van der Waals surface area (Å²) in [4.78, 5) is 23.0. The summed E-state index contributed by atoms with van der Waals surface area (Å²) in [6.07, 6.45) is 0. The average molecular weight is 282 g/mol. The van der Waals surface area contributed by atoms with Crippen LogP contribution in [0.3, 0.4) is 0 Å². The Morgan fingerprint density at radius 1 is 1.47 bits per heavy atom. The highest BCUT2D eigenvalue weighted by molar-refractivity contribution is 8.66. The Bertz CT molecular complexity index is 263. The first kappa shape index (κ1) is 16.6. The lowest BCUT2D eigenvalue weighted by Gasteiger charge is -2.20. The third-order valence-electron chi connectivity index (χ3n) is 2.11. The lowest BCUT2D eigenvalue weighted by atomic mass is 10.0.